The van der Waals surface area contributed by atoms with Gasteiger partial charge in [0, 0.05) is 23.5 Å². The molecule has 150 valence electrons. The number of hydrogen-bond acceptors (Lipinski definition) is 3. The Bertz CT molecular complexity index is 919. The maximum Gasteiger partial charge on any atom is 0.243 e. The number of nitrogens with one attached hydrogen (secondary N) is 1. The molecule has 1 aliphatic rings. The van der Waals surface area contributed by atoms with E-state index in [2.05, 4.69) is 21.2 Å². The summed E-state index contributed by atoms with van der Waals surface area (Å²) in [5.41, 5.74) is 2.06. The molecule has 1 N–H and O–H groups in total. The number of sulfonamides is 1. The van der Waals surface area contributed by atoms with E-state index in [9.17, 15) is 13.2 Å². The van der Waals surface area contributed by atoms with Crippen LogP contribution in [0.25, 0.3) is 0 Å². The molecule has 1 atom stereocenters. The normalized spacial score (nSPS) is 17.2. The van der Waals surface area contributed by atoms with Crippen molar-refractivity contribution in [3.8, 4) is 0 Å². The largest absolute Gasteiger partial charge is 0.349 e. The third kappa shape index (κ3) is 4.82. The van der Waals surface area contributed by atoms with Crippen molar-refractivity contribution in [3.63, 3.8) is 0 Å². The van der Waals surface area contributed by atoms with Crippen LogP contribution in [0.4, 0.5) is 0 Å². The molecule has 1 saturated heterocycles. The zero-order valence-corrected chi connectivity index (χ0v) is 18.5. The summed E-state index contributed by atoms with van der Waals surface area (Å²) in [7, 11) is -3.50. The fraction of sp³-hybridized carbons (Fsp3) is 0.381. The number of nitrogens with zero attached hydrogens (tertiary/aromatic N) is 1. The molecule has 28 heavy (non-hydrogen) atoms. The van der Waals surface area contributed by atoms with E-state index in [4.69, 9.17) is 0 Å². The molecule has 7 heteroatoms. The van der Waals surface area contributed by atoms with Crippen molar-refractivity contribution in [2.24, 2.45) is 5.92 Å². The van der Waals surface area contributed by atoms with Crippen LogP contribution in [-0.2, 0) is 14.8 Å². The first kappa shape index (κ1) is 21.0. The Morgan fingerprint density at radius 3 is 2.21 bits per heavy atom. The van der Waals surface area contributed by atoms with Gasteiger partial charge in [0.15, 0.2) is 0 Å². The van der Waals surface area contributed by atoms with E-state index in [1.165, 1.54) is 4.31 Å². The van der Waals surface area contributed by atoms with Gasteiger partial charge in [-0.15, -0.1) is 0 Å². The summed E-state index contributed by atoms with van der Waals surface area (Å²) in [6, 6.07) is 14.7. The maximum atomic E-state index is 12.8. The quantitative estimate of drug-likeness (QED) is 0.725. The number of rotatable bonds is 5. The average molecular weight is 465 g/mol. The molecule has 2 aromatic carbocycles. The van der Waals surface area contributed by atoms with Gasteiger partial charge in [0.2, 0.25) is 15.9 Å². The summed E-state index contributed by atoms with van der Waals surface area (Å²) >= 11 is 3.41. The zero-order chi connectivity index (χ0) is 20.3. The lowest BCUT2D eigenvalue weighted by Crippen LogP contribution is -2.43. The van der Waals surface area contributed by atoms with Crippen molar-refractivity contribution in [2.45, 2.75) is 37.6 Å². The summed E-state index contributed by atoms with van der Waals surface area (Å²) in [6.07, 6.45) is 1.06. The Kier molecular flexibility index (Phi) is 6.58. The summed E-state index contributed by atoms with van der Waals surface area (Å²) in [4.78, 5) is 12.9. The molecule has 0 spiro atoms. The van der Waals surface area contributed by atoms with Crippen molar-refractivity contribution in [2.75, 3.05) is 13.1 Å². The fourth-order valence-electron chi connectivity index (χ4n) is 3.38. The molecule has 5 nitrogen and oxygen atoms in total. The SMILES string of the molecule is Cc1ccc(S(=O)(=O)N2CCC(C(=O)NC(C)c3ccc(Br)cc3)CC2)cc1. The van der Waals surface area contributed by atoms with Crippen LogP contribution >= 0.6 is 15.9 Å². The first-order valence-corrected chi connectivity index (χ1v) is 11.6. The van der Waals surface area contributed by atoms with Crippen LogP contribution in [0.1, 0.15) is 36.9 Å². The van der Waals surface area contributed by atoms with Crippen molar-refractivity contribution in [1.82, 2.24) is 9.62 Å². The maximum absolute atomic E-state index is 12.8. The van der Waals surface area contributed by atoms with E-state index < -0.39 is 10.0 Å². The van der Waals surface area contributed by atoms with Crippen molar-refractivity contribution < 1.29 is 13.2 Å². The fourth-order valence-corrected chi connectivity index (χ4v) is 5.12. The number of carbonyl (C=O) groups is 1. The number of halogens is 1. The second-order valence-electron chi connectivity index (χ2n) is 7.27. The number of amides is 1. The molecule has 1 fully saturated rings. The summed E-state index contributed by atoms with van der Waals surface area (Å²) in [5.74, 6) is -0.176. The number of hydrogen-bond donors (Lipinski definition) is 1. The zero-order valence-electron chi connectivity index (χ0n) is 16.1. The standard InChI is InChI=1S/C21H25BrN2O3S/c1-15-3-9-20(10-4-15)28(26,27)24-13-11-18(12-14-24)21(25)23-16(2)17-5-7-19(22)8-6-17/h3-10,16,18H,11-14H2,1-2H3,(H,23,25). The highest BCUT2D eigenvalue weighted by molar-refractivity contribution is 9.10. The number of piperidine rings is 1. The Labute approximate surface area is 175 Å². The minimum absolute atomic E-state index is 0.0113. The predicted molar refractivity (Wildman–Crippen MR) is 113 cm³/mol. The van der Waals surface area contributed by atoms with Crippen LogP contribution in [0.15, 0.2) is 57.9 Å². The highest BCUT2D eigenvalue weighted by Gasteiger charge is 2.32. The number of carbonyl (C=O) groups excluding carboxylic acids is 1. The second-order valence-corrected chi connectivity index (χ2v) is 10.1. The van der Waals surface area contributed by atoms with Gasteiger partial charge in [-0.05, 0) is 56.5 Å². The van der Waals surface area contributed by atoms with E-state index in [-0.39, 0.29) is 17.9 Å². The number of aryl methyl sites for hydroxylation is 1. The van der Waals surface area contributed by atoms with Gasteiger partial charge in [-0.3, -0.25) is 4.79 Å². The van der Waals surface area contributed by atoms with Gasteiger partial charge >= 0.3 is 0 Å². The van der Waals surface area contributed by atoms with Crippen LogP contribution in [0.2, 0.25) is 0 Å². The molecule has 3 rings (SSSR count). The van der Waals surface area contributed by atoms with Crippen molar-refractivity contribution >= 4 is 31.9 Å². The third-order valence-corrected chi connectivity index (χ3v) is 7.65. The number of benzene rings is 2. The van der Waals surface area contributed by atoms with Crippen LogP contribution < -0.4 is 5.32 Å². The van der Waals surface area contributed by atoms with Crippen molar-refractivity contribution in [1.29, 1.82) is 0 Å². The van der Waals surface area contributed by atoms with Crippen LogP contribution in [0.5, 0.6) is 0 Å². The Morgan fingerprint density at radius 1 is 1.07 bits per heavy atom. The van der Waals surface area contributed by atoms with Crippen LogP contribution in [0, 0.1) is 12.8 Å². The minimum atomic E-state index is -3.50. The van der Waals surface area contributed by atoms with Gasteiger partial charge in [-0.2, -0.15) is 4.31 Å². The van der Waals surface area contributed by atoms with Gasteiger partial charge in [0.1, 0.15) is 0 Å². The van der Waals surface area contributed by atoms with Crippen LogP contribution in [-0.4, -0.2) is 31.7 Å². The molecule has 1 heterocycles. The van der Waals surface area contributed by atoms with Gasteiger partial charge in [0.25, 0.3) is 0 Å². The Hall–Kier alpha value is -1.70. The molecular formula is C21H25BrN2O3S. The van der Waals surface area contributed by atoms with Gasteiger partial charge in [-0.25, -0.2) is 8.42 Å². The lowest BCUT2D eigenvalue weighted by Gasteiger charge is -2.31. The van der Waals surface area contributed by atoms with E-state index >= 15 is 0 Å². The lowest BCUT2D eigenvalue weighted by atomic mass is 9.96. The highest BCUT2D eigenvalue weighted by atomic mass is 79.9. The topological polar surface area (TPSA) is 66.5 Å². The van der Waals surface area contributed by atoms with Gasteiger partial charge in [0.05, 0.1) is 10.9 Å². The van der Waals surface area contributed by atoms with Crippen LogP contribution in [0.3, 0.4) is 0 Å². The Balaban J connectivity index is 1.57. The molecule has 1 aliphatic heterocycles. The molecule has 0 radical (unpaired) electrons. The molecular weight excluding hydrogens is 440 g/mol. The molecule has 0 aliphatic carbocycles. The minimum Gasteiger partial charge on any atom is -0.349 e. The van der Waals surface area contributed by atoms with E-state index in [1.807, 2.05) is 38.1 Å². The first-order chi connectivity index (χ1) is 13.3. The summed E-state index contributed by atoms with van der Waals surface area (Å²) in [6.45, 7) is 4.61. The molecule has 0 saturated carbocycles. The van der Waals surface area contributed by atoms with Gasteiger partial charge < -0.3 is 5.32 Å². The first-order valence-electron chi connectivity index (χ1n) is 9.40. The van der Waals surface area contributed by atoms with E-state index in [0.29, 0.717) is 30.8 Å². The van der Waals surface area contributed by atoms with E-state index in [1.54, 1.807) is 24.3 Å². The molecule has 2 aromatic rings. The molecule has 0 bridgehead atoms. The summed E-state index contributed by atoms with van der Waals surface area (Å²) in [5, 5.41) is 3.05. The third-order valence-electron chi connectivity index (χ3n) is 5.21. The lowest BCUT2D eigenvalue weighted by molar-refractivity contribution is -0.126. The molecule has 0 aromatic heterocycles. The Morgan fingerprint density at radius 2 is 1.64 bits per heavy atom. The monoisotopic (exact) mass is 464 g/mol. The predicted octanol–water partition coefficient (Wildman–Crippen LogP) is 4.04. The summed E-state index contributed by atoms with van der Waals surface area (Å²) < 4.78 is 28.1. The molecule has 1 unspecified atom stereocenters. The average Bonchev–Trinajstić information content (AvgIpc) is 2.69. The van der Waals surface area contributed by atoms with Gasteiger partial charge in [-0.1, -0.05) is 45.8 Å². The second kappa shape index (κ2) is 8.76. The highest BCUT2D eigenvalue weighted by Crippen LogP contribution is 2.25. The molecule has 1 amide bonds. The van der Waals surface area contributed by atoms with E-state index in [0.717, 1.165) is 15.6 Å². The van der Waals surface area contributed by atoms with Crippen molar-refractivity contribution in [3.05, 3.63) is 64.1 Å². The smallest absolute Gasteiger partial charge is 0.243 e.